The number of anilines is 1. The molecule has 0 atom stereocenters. The third-order valence-corrected chi connectivity index (χ3v) is 9.17. The van der Waals surface area contributed by atoms with Crippen LogP contribution in [-0.2, 0) is 19.6 Å². The monoisotopic (exact) mass is 495 g/mol. The summed E-state index contributed by atoms with van der Waals surface area (Å²) in [5.74, 6) is -0.192. The van der Waals surface area contributed by atoms with Gasteiger partial charge in [-0.05, 0) is 37.1 Å². The molecule has 0 bridgehead atoms. The van der Waals surface area contributed by atoms with Crippen LogP contribution in [0.3, 0.4) is 0 Å². The lowest BCUT2D eigenvalue weighted by Gasteiger charge is -2.44. The number of nitrogens with one attached hydrogen (secondary N) is 1. The van der Waals surface area contributed by atoms with Gasteiger partial charge in [0.2, 0.25) is 10.0 Å². The van der Waals surface area contributed by atoms with Crippen molar-refractivity contribution in [3.05, 3.63) is 24.3 Å². The molecule has 188 valence electrons. The molecule has 2 aliphatic rings. The van der Waals surface area contributed by atoms with Crippen molar-refractivity contribution in [3.63, 3.8) is 0 Å². The Bertz CT molecular complexity index is 949. The fourth-order valence-electron chi connectivity index (χ4n) is 4.46. The number of hydroxylamine groups is 1. The molecule has 1 amide bonds. The van der Waals surface area contributed by atoms with E-state index in [2.05, 4.69) is 9.80 Å². The van der Waals surface area contributed by atoms with Crippen LogP contribution in [0.15, 0.2) is 24.3 Å². The number of sulfonamides is 1. The Balaban J connectivity index is 1.64. The van der Waals surface area contributed by atoms with E-state index in [1.807, 2.05) is 30.3 Å². The zero-order valence-corrected chi connectivity index (χ0v) is 20.3. The molecule has 3 rings (SSSR count). The fraction of sp³-hybridized carbons (Fsp3) is 0.636. The molecule has 2 aliphatic heterocycles. The molecule has 2 fully saturated rings. The summed E-state index contributed by atoms with van der Waals surface area (Å²) in [5.41, 5.74) is 2.55. The molecule has 1 aromatic rings. The van der Waals surface area contributed by atoms with Crippen molar-refractivity contribution in [2.24, 2.45) is 0 Å². The Morgan fingerprint density at radius 2 is 1.76 bits per heavy atom. The van der Waals surface area contributed by atoms with Gasteiger partial charge in [0.15, 0.2) is 4.75 Å². The summed E-state index contributed by atoms with van der Waals surface area (Å²) in [7, 11) is -2.39. The number of nitriles is 1. The predicted octanol–water partition coefficient (Wildman–Crippen LogP) is 0.417. The highest BCUT2D eigenvalue weighted by Gasteiger charge is 2.55. The summed E-state index contributed by atoms with van der Waals surface area (Å²) in [6, 6.07) is 9.50. The number of ether oxygens (including phenoxy) is 2. The third-order valence-electron chi connectivity index (χ3n) is 6.55. The second-order valence-corrected chi connectivity index (χ2v) is 10.7. The van der Waals surface area contributed by atoms with E-state index in [1.165, 1.54) is 4.31 Å². The van der Waals surface area contributed by atoms with E-state index in [1.54, 1.807) is 12.6 Å². The second-order valence-electron chi connectivity index (χ2n) is 8.41. The summed E-state index contributed by atoms with van der Waals surface area (Å²) >= 11 is 0. The molecule has 0 radical (unpaired) electrons. The minimum absolute atomic E-state index is 0.110. The van der Waals surface area contributed by atoms with Gasteiger partial charge in [-0.15, -0.1) is 0 Å². The lowest BCUT2D eigenvalue weighted by Crippen LogP contribution is -2.63. The average molecular weight is 496 g/mol. The predicted molar refractivity (Wildman–Crippen MR) is 125 cm³/mol. The van der Waals surface area contributed by atoms with Crippen LogP contribution in [0, 0.1) is 11.3 Å². The van der Waals surface area contributed by atoms with Crippen molar-refractivity contribution >= 4 is 21.6 Å². The molecule has 0 aromatic heterocycles. The number of piperazine rings is 1. The van der Waals surface area contributed by atoms with Gasteiger partial charge in [-0.1, -0.05) is 0 Å². The second kappa shape index (κ2) is 11.8. The summed E-state index contributed by atoms with van der Waals surface area (Å²) in [6.45, 7) is 3.83. The SMILES string of the molecule is COCCN1CCC(C(=O)NO)(S(=O)(=O)N2CCN(c3ccc(OCCC#N)cc3)CC2)CC1. The first-order chi connectivity index (χ1) is 16.4. The molecule has 0 unspecified atom stereocenters. The van der Waals surface area contributed by atoms with Gasteiger partial charge in [-0.25, -0.2) is 13.9 Å². The minimum Gasteiger partial charge on any atom is -0.493 e. The largest absolute Gasteiger partial charge is 0.493 e. The maximum Gasteiger partial charge on any atom is 0.266 e. The maximum absolute atomic E-state index is 13.6. The summed E-state index contributed by atoms with van der Waals surface area (Å²) in [5, 5.41) is 18.0. The number of likely N-dealkylation sites (tertiary alicyclic amines) is 1. The topological polar surface area (TPSA) is 135 Å². The Morgan fingerprint density at radius 1 is 1.12 bits per heavy atom. The van der Waals surface area contributed by atoms with Crippen molar-refractivity contribution in [3.8, 4) is 11.8 Å². The van der Waals surface area contributed by atoms with Crippen LogP contribution in [0.25, 0.3) is 0 Å². The van der Waals surface area contributed by atoms with Crippen LogP contribution in [0.5, 0.6) is 5.75 Å². The van der Waals surface area contributed by atoms with Crippen molar-refractivity contribution < 1.29 is 27.9 Å². The number of nitrogens with zero attached hydrogens (tertiary/aromatic N) is 4. The lowest BCUT2D eigenvalue weighted by atomic mass is 9.95. The van der Waals surface area contributed by atoms with Gasteiger partial charge in [0.1, 0.15) is 12.4 Å². The van der Waals surface area contributed by atoms with Crippen molar-refractivity contribution in [1.29, 1.82) is 5.26 Å². The van der Waals surface area contributed by atoms with Crippen LogP contribution < -0.4 is 15.1 Å². The molecule has 34 heavy (non-hydrogen) atoms. The number of amides is 1. The highest BCUT2D eigenvalue weighted by Crippen LogP contribution is 2.34. The molecule has 2 saturated heterocycles. The van der Waals surface area contributed by atoms with Gasteiger partial charge in [0.05, 0.1) is 19.1 Å². The lowest BCUT2D eigenvalue weighted by molar-refractivity contribution is -0.133. The molecule has 1 aromatic carbocycles. The van der Waals surface area contributed by atoms with Crippen molar-refractivity contribution in [2.45, 2.75) is 24.0 Å². The van der Waals surface area contributed by atoms with Crippen molar-refractivity contribution in [1.82, 2.24) is 14.7 Å². The minimum atomic E-state index is -4.00. The smallest absolute Gasteiger partial charge is 0.266 e. The fourth-order valence-corrected chi connectivity index (χ4v) is 6.58. The molecule has 0 aliphatic carbocycles. The zero-order chi connectivity index (χ0) is 24.6. The van der Waals surface area contributed by atoms with Crippen LogP contribution in [0.4, 0.5) is 5.69 Å². The number of methoxy groups -OCH3 is 1. The van der Waals surface area contributed by atoms with Gasteiger partial charge in [0, 0.05) is 58.6 Å². The molecule has 0 saturated carbocycles. The summed E-state index contributed by atoms with van der Waals surface area (Å²) in [4.78, 5) is 16.8. The van der Waals surface area contributed by atoms with Crippen LogP contribution in [0.1, 0.15) is 19.3 Å². The molecular weight excluding hydrogens is 462 g/mol. The normalized spacial score (nSPS) is 19.4. The highest BCUT2D eigenvalue weighted by molar-refractivity contribution is 7.91. The Labute approximate surface area is 200 Å². The third kappa shape index (κ3) is 5.61. The van der Waals surface area contributed by atoms with Gasteiger partial charge in [0.25, 0.3) is 5.91 Å². The van der Waals surface area contributed by atoms with E-state index in [-0.39, 0.29) is 25.9 Å². The van der Waals surface area contributed by atoms with E-state index in [9.17, 15) is 18.4 Å². The molecule has 0 spiro atoms. The molecule has 2 N–H and O–H groups in total. The molecule has 11 nitrogen and oxygen atoms in total. The average Bonchev–Trinajstić information content (AvgIpc) is 2.88. The first kappa shape index (κ1) is 26.2. The van der Waals surface area contributed by atoms with Gasteiger partial charge >= 0.3 is 0 Å². The number of benzene rings is 1. The Kier molecular flexibility index (Phi) is 9.10. The Morgan fingerprint density at radius 3 is 2.32 bits per heavy atom. The number of piperidine rings is 1. The quantitative estimate of drug-likeness (QED) is 0.269. The number of rotatable bonds is 10. The molecule has 12 heteroatoms. The molecule has 2 heterocycles. The molecular formula is C22H33N5O6S. The highest BCUT2D eigenvalue weighted by atomic mass is 32.2. The summed E-state index contributed by atoms with van der Waals surface area (Å²) in [6.07, 6.45) is 0.539. The first-order valence-corrected chi connectivity index (χ1v) is 12.8. The first-order valence-electron chi connectivity index (χ1n) is 11.4. The zero-order valence-electron chi connectivity index (χ0n) is 19.5. The van der Waals surface area contributed by atoms with Crippen LogP contribution in [0.2, 0.25) is 0 Å². The number of carbonyl (C=O) groups is 1. The number of carbonyl (C=O) groups excluding carboxylic acids is 1. The van der Waals surface area contributed by atoms with E-state index in [4.69, 9.17) is 14.7 Å². The number of hydrogen-bond acceptors (Lipinski definition) is 9. The van der Waals surface area contributed by atoms with E-state index >= 15 is 0 Å². The maximum atomic E-state index is 13.6. The van der Waals surface area contributed by atoms with Crippen molar-refractivity contribution in [2.75, 3.05) is 71.0 Å². The standard InChI is InChI=1S/C22H33N5O6S/c1-32-18-16-25-10-7-22(8-11-25,21(28)24-29)34(30,31)27-14-12-26(13-15-27)19-3-5-20(6-4-19)33-17-2-9-23/h3-6,29H,2,7-8,10-18H2,1H3,(H,24,28). The van der Waals surface area contributed by atoms with Gasteiger partial charge < -0.3 is 19.3 Å². The van der Waals surface area contributed by atoms with Crippen LogP contribution in [-0.4, -0.2) is 99.6 Å². The van der Waals surface area contributed by atoms with E-state index in [0.717, 1.165) is 5.69 Å². The van der Waals surface area contributed by atoms with E-state index in [0.29, 0.717) is 58.1 Å². The Hall–Kier alpha value is -2.43. The number of hydrogen-bond donors (Lipinski definition) is 2. The van der Waals surface area contributed by atoms with Crippen LogP contribution >= 0.6 is 0 Å². The van der Waals surface area contributed by atoms with Gasteiger partial charge in [-0.2, -0.15) is 9.57 Å². The summed E-state index contributed by atoms with van der Waals surface area (Å²) < 4.78 is 37.6. The van der Waals surface area contributed by atoms with Gasteiger partial charge in [-0.3, -0.25) is 10.0 Å². The van der Waals surface area contributed by atoms with E-state index < -0.39 is 20.7 Å².